The minimum Gasteiger partial charge on any atom is -0.390 e. The molecule has 0 fully saturated rings. The number of oxime groups is 1. The predicted octanol–water partition coefficient (Wildman–Crippen LogP) is 4.54. The van der Waals surface area contributed by atoms with Gasteiger partial charge in [-0.25, -0.2) is 8.78 Å². The van der Waals surface area contributed by atoms with Gasteiger partial charge in [0.25, 0.3) is 0 Å². The van der Waals surface area contributed by atoms with E-state index in [4.69, 9.17) is 9.57 Å². The van der Waals surface area contributed by atoms with Crippen LogP contribution in [0.5, 0.6) is 0 Å². The van der Waals surface area contributed by atoms with Crippen molar-refractivity contribution in [3.05, 3.63) is 107 Å². The van der Waals surface area contributed by atoms with Gasteiger partial charge in [0.2, 0.25) is 0 Å². The van der Waals surface area contributed by atoms with E-state index in [1.807, 2.05) is 41.3 Å². The summed E-state index contributed by atoms with van der Waals surface area (Å²) in [5, 5.41) is 14.8. The highest BCUT2D eigenvalue weighted by atomic mass is 19.1. The molecule has 0 aliphatic carbocycles. The fraction of sp³-hybridized carbons (Fsp3) is 0.296. The van der Waals surface area contributed by atoms with E-state index in [0.29, 0.717) is 32.7 Å². The van der Waals surface area contributed by atoms with Gasteiger partial charge in [-0.05, 0) is 41.0 Å². The zero-order chi connectivity index (χ0) is 23.8. The number of aliphatic hydroxyl groups excluding tert-OH is 1. The van der Waals surface area contributed by atoms with Crippen molar-refractivity contribution in [2.75, 3.05) is 19.7 Å². The van der Waals surface area contributed by atoms with Crippen LogP contribution in [0.3, 0.4) is 0 Å². The number of hydrogen-bond donors (Lipinski definition) is 1. The SMILES string of the molecule is O[C@@H](COCc1ccccc1)CN(Cc1cccc(F)c1)C[C@@H]1CC(c2ccc(F)cc2)=NO1. The van der Waals surface area contributed by atoms with Gasteiger partial charge in [-0.2, -0.15) is 0 Å². The van der Waals surface area contributed by atoms with E-state index in [9.17, 15) is 13.9 Å². The minimum atomic E-state index is -0.726. The van der Waals surface area contributed by atoms with Crippen LogP contribution in [0.4, 0.5) is 8.78 Å². The van der Waals surface area contributed by atoms with Crippen molar-refractivity contribution < 1.29 is 23.5 Å². The van der Waals surface area contributed by atoms with Gasteiger partial charge in [0.1, 0.15) is 17.7 Å². The third-order valence-corrected chi connectivity index (χ3v) is 5.56. The first-order valence-electron chi connectivity index (χ1n) is 11.3. The Labute approximate surface area is 198 Å². The number of nitrogens with zero attached hydrogens (tertiary/aromatic N) is 2. The summed E-state index contributed by atoms with van der Waals surface area (Å²) in [6.45, 7) is 1.86. The first-order chi connectivity index (χ1) is 16.5. The predicted molar refractivity (Wildman–Crippen MR) is 126 cm³/mol. The minimum absolute atomic E-state index is 0.178. The molecule has 0 amide bonds. The third-order valence-electron chi connectivity index (χ3n) is 5.56. The second-order valence-corrected chi connectivity index (χ2v) is 8.45. The number of benzene rings is 3. The van der Waals surface area contributed by atoms with Gasteiger partial charge in [0, 0.05) is 26.1 Å². The molecule has 0 unspecified atom stereocenters. The maximum atomic E-state index is 13.7. The molecule has 4 rings (SSSR count). The van der Waals surface area contributed by atoms with Gasteiger partial charge >= 0.3 is 0 Å². The van der Waals surface area contributed by atoms with Crippen LogP contribution in [-0.4, -0.2) is 47.6 Å². The van der Waals surface area contributed by atoms with Crippen molar-refractivity contribution >= 4 is 5.71 Å². The number of halogens is 2. The molecule has 0 bridgehead atoms. The second-order valence-electron chi connectivity index (χ2n) is 8.45. The van der Waals surface area contributed by atoms with Crippen LogP contribution in [0.1, 0.15) is 23.1 Å². The lowest BCUT2D eigenvalue weighted by atomic mass is 10.0. The molecule has 1 aliphatic rings. The molecule has 3 aromatic rings. The summed E-state index contributed by atoms with van der Waals surface area (Å²) in [7, 11) is 0. The zero-order valence-corrected chi connectivity index (χ0v) is 18.8. The van der Waals surface area contributed by atoms with Gasteiger partial charge < -0.3 is 14.7 Å². The van der Waals surface area contributed by atoms with Gasteiger partial charge in [-0.15, -0.1) is 0 Å². The molecule has 0 aromatic heterocycles. The molecule has 0 saturated carbocycles. The molecule has 0 radical (unpaired) electrons. The molecule has 1 N–H and O–H groups in total. The Balaban J connectivity index is 1.34. The fourth-order valence-corrected chi connectivity index (χ4v) is 3.96. The largest absolute Gasteiger partial charge is 0.390 e. The van der Waals surface area contributed by atoms with Crippen LogP contribution < -0.4 is 0 Å². The van der Waals surface area contributed by atoms with E-state index in [2.05, 4.69) is 5.16 Å². The fourth-order valence-electron chi connectivity index (χ4n) is 3.96. The van der Waals surface area contributed by atoms with Crippen molar-refractivity contribution in [2.45, 2.75) is 31.8 Å². The van der Waals surface area contributed by atoms with E-state index < -0.39 is 6.10 Å². The molecular formula is C27H28F2N2O3. The van der Waals surface area contributed by atoms with Gasteiger partial charge in [0.15, 0.2) is 0 Å². The Morgan fingerprint density at radius 1 is 0.971 bits per heavy atom. The van der Waals surface area contributed by atoms with Crippen molar-refractivity contribution in [3.63, 3.8) is 0 Å². The van der Waals surface area contributed by atoms with Gasteiger partial charge in [-0.1, -0.05) is 59.8 Å². The van der Waals surface area contributed by atoms with Crippen LogP contribution in [0.25, 0.3) is 0 Å². The number of hydrogen-bond acceptors (Lipinski definition) is 5. The van der Waals surface area contributed by atoms with Crippen LogP contribution in [0.2, 0.25) is 0 Å². The Morgan fingerprint density at radius 2 is 1.74 bits per heavy atom. The maximum Gasteiger partial charge on any atom is 0.145 e. The van der Waals surface area contributed by atoms with Crippen molar-refractivity contribution in [1.82, 2.24) is 4.90 Å². The Kier molecular flexibility index (Phi) is 8.36. The Morgan fingerprint density at radius 3 is 2.50 bits per heavy atom. The van der Waals surface area contributed by atoms with E-state index in [1.165, 1.54) is 24.3 Å². The molecular weight excluding hydrogens is 438 g/mol. The molecule has 1 aliphatic heterocycles. The summed E-state index contributed by atoms with van der Waals surface area (Å²) in [5.41, 5.74) is 3.41. The van der Waals surface area contributed by atoms with Crippen LogP contribution in [0, 0.1) is 11.6 Å². The third kappa shape index (κ3) is 7.18. The average Bonchev–Trinajstić information content (AvgIpc) is 3.28. The van der Waals surface area contributed by atoms with Crippen LogP contribution in [0.15, 0.2) is 84.0 Å². The highest BCUT2D eigenvalue weighted by Crippen LogP contribution is 2.19. The van der Waals surface area contributed by atoms with Crippen molar-refractivity contribution in [1.29, 1.82) is 0 Å². The topological polar surface area (TPSA) is 54.3 Å². The number of ether oxygens (including phenoxy) is 1. The summed E-state index contributed by atoms with van der Waals surface area (Å²) in [6.07, 6.45) is -0.395. The molecule has 34 heavy (non-hydrogen) atoms. The highest BCUT2D eigenvalue weighted by molar-refractivity contribution is 6.01. The van der Waals surface area contributed by atoms with Crippen molar-refractivity contribution in [3.8, 4) is 0 Å². The Hall–Kier alpha value is -3.13. The first-order valence-corrected chi connectivity index (χ1v) is 11.3. The maximum absolute atomic E-state index is 13.7. The summed E-state index contributed by atoms with van der Waals surface area (Å²) >= 11 is 0. The standard InChI is InChI=1S/C27H28F2N2O3/c28-23-11-9-22(10-12-23)27-14-26(34-30-27)17-31(15-21-7-4-8-24(29)13-21)16-25(32)19-33-18-20-5-2-1-3-6-20/h1-13,25-26,32H,14-19H2/t25-,26+/m1/s1. The van der Waals surface area contributed by atoms with E-state index in [0.717, 1.165) is 22.4 Å². The number of aliphatic hydroxyl groups is 1. The smallest absolute Gasteiger partial charge is 0.145 e. The summed E-state index contributed by atoms with van der Waals surface area (Å²) in [6, 6.07) is 22.3. The lowest BCUT2D eigenvalue weighted by molar-refractivity contribution is -0.00650. The molecule has 1 heterocycles. The van der Waals surface area contributed by atoms with E-state index >= 15 is 0 Å². The van der Waals surface area contributed by atoms with Gasteiger partial charge in [0.05, 0.1) is 25.0 Å². The summed E-state index contributed by atoms with van der Waals surface area (Å²) < 4.78 is 32.6. The second kappa shape index (κ2) is 11.8. The lowest BCUT2D eigenvalue weighted by Crippen LogP contribution is -2.39. The van der Waals surface area contributed by atoms with Crippen LogP contribution in [-0.2, 0) is 22.7 Å². The molecule has 3 aromatic carbocycles. The Bertz CT molecular complexity index is 1080. The zero-order valence-electron chi connectivity index (χ0n) is 18.8. The normalized spacial score (nSPS) is 16.4. The average molecular weight is 467 g/mol. The van der Waals surface area contributed by atoms with E-state index in [1.54, 1.807) is 18.2 Å². The molecule has 2 atom stereocenters. The first kappa shape index (κ1) is 24.0. The number of rotatable bonds is 11. The quantitative estimate of drug-likeness (QED) is 0.451. The lowest BCUT2D eigenvalue weighted by Gasteiger charge is -2.27. The van der Waals surface area contributed by atoms with E-state index in [-0.39, 0.29) is 24.3 Å². The molecule has 0 saturated heterocycles. The molecule has 0 spiro atoms. The molecule has 5 nitrogen and oxygen atoms in total. The van der Waals surface area contributed by atoms with Gasteiger partial charge in [-0.3, -0.25) is 4.90 Å². The summed E-state index contributed by atoms with van der Waals surface area (Å²) in [5.74, 6) is -0.604. The van der Waals surface area contributed by atoms with Crippen LogP contribution >= 0.6 is 0 Å². The molecule has 178 valence electrons. The highest BCUT2D eigenvalue weighted by Gasteiger charge is 2.26. The monoisotopic (exact) mass is 466 g/mol. The van der Waals surface area contributed by atoms with Crippen molar-refractivity contribution in [2.24, 2.45) is 5.16 Å². The summed E-state index contributed by atoms with van der Waals surface area (Å²) in [4.78, 5) is 7.64. The molecule has 7 heteroatoms.